The Balaban J connectivity index is 2.03. The average Bonchev–Trinajstić information content (AvgIpc) is 2.72. The fourth-order valence-electron chi connectivity index (χ4n) is 2.93. The summed E-state index contributed by atoms with van der Waals surface area (Å²) >= 11 is 0. The zero-order valence-electron chi connectivity index (χ0n) is 11.4. The van der Waals surface area contributed by atoms with Crippen molar-refractivity contribution in [1.29, 1.82) is 0 Å². The molecule has 17 heavy (non-hydrogen) atoms. The summed E-state index contributed by atoms with van der Waals surface area (Å²) in [5, 5.41) is 3.48. The first-order chi connectivity index (χ1) is 8.22. The summed E-state index contributed by atoms with van der Waals surface area (Å²) in [5.41, 5.74) is 2.84. The molecule has 1 aliphatic rings. The molecule has 0 aliphatic heterocycles. The first-order valence-electron chi connectivity index (χ1n) is 7.00. The van der Waals surface area contributed by atoms with Gasteiger partial charge in [-0.05, 0) is 52.5 Å². The molecule has 1 N–H and O–H groups in total. The molecule has 0 amide bonds. The number of fused-ring (bicyclic) bond motifs is 1. The molecule has 0 radical (unpaired) electrons. The summed E-state index contributed by atoms with van der Waals surface area (Å²) in [5.74, 6) is 0. The molecule has 0 saturated carbocycles. The number of nitrogens with zero attached hydrogens (tertiary/aromatic N) is 2. The number of aryl methyl sites for hydroxylation is 1. The smallest absolute Gasteiger partial charge is 0.0954 e. The third-order valence-electron chi connectivity index (χ3n) is 3.78. The predicted molar refractivity (Wildman–Crippen MR) is 71.3 cm³/mol. The number of aromatic nitrogens is 2. The largest absolute Gasteiger partial charge is 0.331 e. The average molecular weight is 235 g/mol. The summed E-state index contributed by atoms with van der Waals surface area (Å²) in [6.07, 6.45) is 8.27. The standard InChI is InChI=1S/C14H25N3/c1-4-15-11(2)9-12(3)17-10-16-13-7-5-6-8-14(13)17/h10-12,15H,4-9H2,1-3H3. The van der Waals surface area contributed by atoms with Gasteiger partial charge in [-0.1, -0.05) is 6.92 Å². The summed E-state index contributed by atoms with van der Waals surface area (Å²) < 4.78 is 2.41. The maximum absolute atomic E-state index is 4.57. The zero-order valence-corrected chi connectivity index (χ0v) is 11.4. The number of rotatable bonds is 5. The normalized spacial score (nSPS) is 18.8. The maximum atomic E-state index is 4.57. The van der Waals surface area contributed by atoms with E-state index < -0.39 is 0 Å². The lowest BCUT2D eigenvalue weighted by atomic mass is 10.00. The van der Waals surface area contributed by atoms with Gasteiger partial charge < -0.3 is 9.88 Å². The predicted octanol–water partition coefficient (Wildman–Crippen LogP) is 2.71. The molecule has 1 aromatic heterocycles. The van der Waals surface area contributed by atoms with Crippen LogP contribution in [0.4, 0.5) is 0 Å². The van der Waals surface area contributed by atoms with Crippen LogP contribution in [0, 0.1) is 0 Å². The summed E-state index contributed by atoms with van der Waals surface area (Å²) in [7, 11) is 0. The highest BCUT2D eigenvalue weighted by Gasteiger charge is 2.19. The fourth-order valence-corrected chi connectivity index (χ4v) is 2.93. The topological polar surface area (TPSA) is 29.9 Å². The van der Waals surface area contributed by atoms with Crippen LogP contribution in [0.25, 0.3) is 0 Å². The van der Waals surface area contributed by atoms with Gasteiger partial charge in [-0.3, -0.25) is 0 Å². The van der Waals surface area contributed by atoms with Crippen LogP contribution in [0.2, 0.25) is 0 Å². The Labute approximate surface area is 105 Å². The van der Waals surface area contributed by atoms with E-state index in [9.17, 15) is 0 Å². The quantitative estimate of drug-likeness (QED) is 0.850. The molecule has 3 nitrogen and oxygen atoms in total. The van der Waals surface area contributed by atoms with Crippen LogP contribution in [0.3, 0.4) is 0 Å². The molecule has 0 fully saturated rings. The van der Waals surface area contributed by atoms with E-state index in [2.05, 4.69) is 42.0 Å². The van der Waals surface area contributed by atoms with Gasteiger partial charge in [-0.25, -0.2) is 4.98 Å². The van der Waals surface area contributed by atoms with Crippen molar-refractivity contribution in [2.24, 2.45) is 0 Å². The van der Waals surface area contributed by atoms with Crippen LogP contribution in [-0.4, -0.2) is 22.1 Å². The number of imidazole rings is 1. The van der Waals surface area contributed by atoms with Crippen LogP contribution in [-0.2, 0) is 12.8 Å². The van der Waals surface area contributed by atoms with Crippen molar-refractivity contribution in [1.82, 2.24) is 14.9 Å². The Morgan fingerprint density at radius 2 is 2.12 bits per heavy atom. The van der Waals surface area contributed by atoms with Gasteiger partial charge in [0.15, 0.2) is 0 Å². The minimum absolute atomic E-state index is 0.554. The minimum Gasteiger partial charge on any atom is -0.331 e. The molecule has 1 aliphatic carbocycles. The molecule has 2 atom stereocenters. The van der Waals surface area contributed by atoms with Crippen molar-refractivity contribution >= 4 is 0 Å². The van der Waals surface area contributed by atoms with E-state index in [0.717, 1.165) is 6.54 Å². The van der Waals surface area contributed by atoms with Crippen molar-refractivity contribution in [3.05, 3.63) is 17.7 Å². The summed E-state index contributed by atoms with van der Waals surface area (Å²) in [4.78, 5) is 4.57. The number of hydrogen-bond acceptors (Lipinski definition) is 2. The van der Waals surface area contributed by atoms with Gasteiger partial charge in [0.2, 0.25) is 0 Å². The number of hydrogen-bond donors (Lipinski definition) is 1. The Bertz CT molecular complexity index is 356. The highest BCUT2D eigenvalue weighted by molar-refractivity contribution is 5.17. The second-order valence-electron chi connectivity index (χ2n) is 5.30. The molecule has 1 aromatic rings. The summed E-state index contributed by atoms with van der Waals surface area (Å²) in [6.45, 7) is 7.80. The molecule has 3 heteroatoms. The van der Waals surface area contributed by atoms with E-state index in [4.69, 9.17) is 0 Å². The molecule has 2 rings (SSSR count). The monoisotopic (exact) mass is 235 g/mol. The molecular weight excluding hydrogens is 210 g/mol. The Hall–Kier alpha value is -0.830. The van der Waals surface area contributed by atoms with Crippen LogP contribution in [0.15, 0.2) is 6.33 Å². The van der Waals surface area contributed by atoms with Gasteiger partial charge in [-0.15, -0.1) is 0 Å². The van der Waals surface area contributed by atoms with Crippen LogP contribution < -0.4 is 5.32 Å². The van der Waals surface area contributed by atoms with Gasteiger partial charge in [0.25, 0.3) is 0 Å². The molecular formula is C14H25N3. The minimum atomic E-state index is 0.554. The van der Waals surface area contributed by atoms with Gasteiger partial charge in [0.1, 0.15) is 0 Å². The van der Waals surface area contributed by atoms with Crippen LogP contribution in [0.1, 0.15) is 57.5 Å². The fraction of sp³-hybridized carbons (Fsp3) is 0.786. The van der Waals surface area contributed by atoms with Gasteiger partial charge in [0.05, 0.1) is 12.0 Å². The van der Waals surface area contributed by atoms with Crippen molar-refractivity contribution < 1.29 is 0 Å². The third kappa shape index (κ3) is 2.89. The van der Waals surface area contributed by atoms with E-state index in [0.29, 0.717) is 12.1 Å². The second-order valence-corrected chi connectivity index (χ2v) is 5.30. The zero-order chi connectivity index (χ0) is 12.3. The van der Waals surface area contributed by atoms with E-state index >= 15 is 0 Å². The molecule has 96 valence electrons. The maximum Gasteiger partial charge on any atom is 0.0954 e. The molecule has 2 unspecified atom stereocenters. The molecule has 0 aromatic carbocycles. The van der Waals surface area contributed by atoms with Crippen molar-refractivity contribution in [3.8, 4) is 0 Å². The second kappa shape index (κ2) is 5.67. The lowest BCUT2D eigenvalue weighted by Crippen LogP contribution is -2.28. The van der Waals surface area contributed by atoms with Crippen LogP contribution in [0.5, 0.6) is 0 Å². The van der Waals surface area contributed by atoms with E-state index in [-0.39, 0.29) is 0 Å². The Kier molecular flexibility index (Phi) is 4.21. The van der Waals surface area contributed by atoms with Crippen molar-refractivity contribution in [2.45, 2.75) is 65.0 Å². The lowest BCUT2D eigenvalue weighted by molar-refractivity contribution is 0.408. The third-order valence-corrected chi connectivity index (χ3v) is 3.78. The highest BCUT2D eigenvalue weighted by atomic mass is 15.1. The van der Waals surface area contributed by atoms with E-state index in [1.165, 1.54) is 43.5 Å². The van der Waals surface area contributed by atoms with Crippen molar-refractivity contribution in [3.63, 3.8) is 0 Å². The molecule has 0 saturated heterocycles. The van der Waals surface area contributed by atoms with Crippen LogP contribution >= 0.6 is 0 Å². The molecule has 0 spiro atoms. The van der Waals surface area contributed by atoms with E-state index in [1.807, 2.05) is 0 Å². The van der Waals surface area contributed by atoms with Crippen molar-refractivity contribution in [2.75, 3.05) is 6.54 Å². The van der Waals surface area contributed by atoms with E-state index in [1.54, 1.807) is 0 Å². The highest BCUT2D eigenvalue weighted by Crippen LogP contribution is 2.24. The van der Waals surface area contributed by atoms with Gasteiger partial charge in [-0.2, -0.15) is 0 Å². The lowest BCUT2D eigenvalue weighted by Gasteiger charge is -2.22. The number of nitrogens with one attached hydrogen (secondary N) is 1. The first kappa shape index (κ1) is 12.6. The Morgan fingerprint density at radius 3 is 2.88 bits per heavy atom. The molecule has 1 heterocycles. The van der Waals surface area contributed by atoms with Gasteiger partial charge in [0, 0.05) is 17.8 Å². The Morgan fingerprint density at radius 1 is 1.35 bits per heavy atom. The first-order valence-corrected chi connectivity index (χ1v) is 7.00. The molecule has 0 bridgehead atoms. The summed E-state index contributed by atoms with van der Waals surface area (Å²) in [6, 6.07) is 1.13. The van der Waals surface area contributed by atoms with Gasteiger partial charge >= 0.3 is 0 Å². The SMILES string of the molecule is CCNC(C)CC(C)n1cnc2c1CCCC2.